The van der Waals surface area contributed by atoms with Crippen molar-refractivity contribution in [2.45, 2.75) is 33.1 Å². The van der Waals surface area contributed by atoms with E-state index in [4.69, 9.17) is 16.3 Å². The highest BCUT2D eigenvalue weighted by Gasteiger charge is 2.14. The third-order valence-electron chi connectivity index (χ3n) is 4.39. The fraction of sp³-hybridized carbons (Fsp3) is 0.667. The minimum absolute atomic E-state index is 0.663. The van der Waals surface area contributed by atoms with Gasteiger partial charge in [0.05, 0.1) is 11.6 Å². The maximum absolute atomic E-state index is 6.39. The van der Waals surface area contributed by atoms with Gasteiger partial charge in [-0.05, 0) is 57.0 Å². The van der Waals surface area contributed by atoms with Crippen LogP contribution >= 0.6 is 11.6 Å². The monoisotopic (exact) mass is 324 g/mol. The van der Waals surface area contributed by atoms with Crippen molar-refractivity contribution >= 4 is 11.6 Å². The smallest absolute Gasteiger partial charge is 0.141 e. The summed E-state index contributed by atoms with van der Waals surface area (Å²) in [5.74, 6) is 0.889. The predicted molar refractivity (Wildman–Crippen MR) is 94.3 cm³/mol. The normalized spacial score (nSPS) is 16.9. The molecular weight excluding hydrogens is 296 g/mol. The van der Waals surface area contributed by atoms with E-state index in [2.05, 4.69) is 29.8 Å². The lowest BCUT2D eigenvalue weighted by molar-refractivity contribution is 0.153. The average Bonchev–Trinajstić information content (AvgIpc) is 2.52. The fourth-order valence-electron chi connectivity index (χ4n) is 2.97. The highest BCUT2D eigenvalue weighted by molar-refractivity contribution is 6.32. The van der Waals surface area contributed by atoms with Gasteiger partial charge < -0.3 is 14.5 Å². The minimum Gasteiger partial charge on any atom is -0.492 e. The van der Waals surface area contributed by atoms with Crippen molar-refractivity contribution in [3.05, 3.63) is 28.3 Å². The van der Waals surface area contributed by atoms with Gasteiger partial charge in [-0.25, -0.2) is 0 Å². The number of hydrogen-bond acceptors (Lipinski definition) is 3. The van der Waals surface area contributed by atoms with Gasteiger partial charge in [0.2, 0.25) is 0 Å². The van der Waals surface area contributed by atoms with Crippen LogP contribution in [-0.2, 0) is 12.8 Å². The second kappa shape index (κ2) is 8.76. The molecule has 0 aliphatic carbocycles. The van der Waals surface area contributed by atoms with Crippen LogP contribution in [0.15, 0.2) is 12.1 Å². The number of aryl methyl sites for hydroxylation is 2. The Bertz CT molecular complexity index is 470. The van der Waals surface area contributed by atoms with Crippen LogP contribution in [-0.4, -0.2) is 56.2 Å². The van der Waals surface area contributed by atoms with Crippen molar-refractivity contribution in [1.29, 1.82) is 0 Å². The first-order valence-corrected chi connectivity index (χ1v) is 8.86. The third kappa shape index (κ3) is 4.87. The maximum Gasteiger partial charge on any atom is 0.141 e. The third-order valence-corrected chi connectivity index (χ3v) is 4.67. The maximum atomic E-state index is 6.39. The highest BCUT2D eigenvalue weighted by atomic mass is 35.5. The van der Waals surface area contributed by atoms with Gasteiger partial charge in [0.15, 0.2) is 0 Å². The standard InChI is InChI=1S/C18H29ClN2O/c1-4-15-13-16(18(22-5-2)17(19)14-15)7-6-8-21-11-9-20(3)10-12-21/h13-14H,4-12H2,1-3H3. The summed E-state index contributed by atoms with van der Waals surface area (Å²) in [6.07, 6.45) is 3.21. The molecule has 0 aromatic heterocycles. The Hall–Kier alpha value is -0.770. The molecule has 1 aromatic carbocycles. The lowest BCUT2D eigenvalue weighted by Gasteiger charge is -2.32. The van der Waals surface area contributed by atoms with Gasteiger partial charge >= 0.3 is 0 Å². The van der Waals surface area contributed by atoms with Crippen LogP contribution in [0.1, 0.15) is 31.4 Å². The second-order valence-corrected chi connectivity index (χ2v) is 6.51. The highest BCUT2D eigenvalue weighted by Crippen LogP contribution is 2.31. The molecule has 3 nitrogen and oxygen atoms in total. The molecule has 124 valence electrons. The van der Waals surface area contributed by atoms with Gasteiger partial charge in [0, 0.05) is 26.2 Å². The fourth-order valence-corrected chi connectivity index (χ4v) is 3.29. The van der Waals surface area contributed by atoms with Crippen molar-refractivity contribution in [3.8, 4) is 5.75 Å². The van der Waals surface area contributed by atoms with Crippen LogP contribution in [0.5, 0.6) is 5.75 Å². The Balaban J connectivity index is 1.94. The zero-order chi connectivity index (χ0) is 15.9. The van der Waals surface area contributed by atoms with Crippen molar-refractivity contribution in [2.75, 3.05) is 46.4 Å². The van der Waals surface area contributed by atoms with E-state index in [9.17, 15) is 0 Å². The van der Waals surface area contributed by atoms with Crippen LogP contribution < -0.4 is 4.74 Å². The van der Waals surface area contributed by atoms with Crippen LogP contribution in [0, 0.1) is 0 Å². The molecule has 0 amide bonds. The molecule has 0 saturated carbocycles. The van der Waals surface area contributed by atoms with Crippen molar-refractivity contribution in [2.24, 2.45) is 0 Å². The molecule has 0 spiro atoms. The summed E-state index contributed by atoms with van der Waals surface area (Å²) in [4.78, 5) is 4.96. The van der Waals surface area contributed by atoms with Gasteiger partial charge in [0.1, 0.15) is 5.75 Å². The quantitative estimate of drug-likeness (QED) is 0.763. The molecule has 1 aromatic rings. The van der Waals surface area contributed by atoms with Gasteiger partial charge in [-0.15, -0.1) is 0 Å². The van der Waals surface area contributed by atoms with E-state index in [-0.39, 0.29) is 0 Å². The number of benzene rings is 1. The molecule has 1 fully saturated rings. The first-order chi connectivity index (χ1) is 10.6. The van der Waals surface area contributed by atoms with Crippen molar-refractivity contribution in [3.63, 3.8) is 0 Å². The number of hydrogen-bond donors (Lipinski definition) is 0. The van der Waals surface area contributed by atoms with E-state index in [0.29, 0.717) is 6.61 Å². The zero-order valence-electron chi connectivity index (χ0n) is 14.2. The van der Waals surface area contributed by atoms with Crippen LogP contribution in [0.3, 0.4) is 0 Å². The van der Waals surface area contributed by atoms with Crippen molar-refractivity contribution in [1.82, 2.24) is 9.80 Å². The molecule has 0 bridgehead atoms. The summed E-state index contributed by atoms with van der Waals surface area (Å²) in [7, 11) is 2.20. The van der Waals surface area contributed by atoms with Crippen LogP contribution in [0.25, 0.3) is 0 Å². The first-order valence-electron chi connectivity index (χ1n) is 8.49. The largest absolute Gasteiger partial charge is 0.492 e. The topological polar surface area (TPSA) is 15.7 Å². The van der Waals surface area contributed by atoms with E-state index in [1.54, 1.807) is 0 Å². The Kier molecular flexibility index (Phi) is 7.00. The molecule has 4 heteroatoms. The molecular formula is C18H29ClN2O. The van der Waals surface area contributed by atoms with Gasteiger partial charge in [-0.1, -0.05) is 24.6 Å². The van der Waals surface area contributed by atoms with E-state index in [1.165, 1.54) is 37.3 Å². The number of ether oxygens (including phenoxy) is 1. The van der Waals surface area contributed by atoms with E-state index >= 15 is 0 Å². The molecule has 2 rings (SSSR count). The Morgan fingerprint density at radius 3 is 2.50 bits per heavy atom. The van der Waals surface area contributed by atoms with Gasteiger partial charge in [-0.2, -0.15) is 0 Å². The molecule has 1 aliphatic heterocycles. The Morgan fingerprint density at radius 2 is 1.86 bits per heavy atom. The molecule has 0 atom stereocenters. The molecule has 22 heavy (non-hydrogen) atoms. The Labute approximate surface area is 140 Å². The number of rotatable bonds is 7. The summed E-state index contributed by atoms with van der Waals surface area (Å²) in [5, 5.41) is 0.760. The number of piperazine rings is 1. The van der Waals surface area contributed by atoms with E-state index in [1.807, 2.05) is 13.0 Å². The van der Waals surface area contributed by atoms with E-state index in [0.717, 1.165) is 36.6 Å². The molecule has 1 heterocycles. The number of nitrogens with zero attached hydrogens (tertiary/aromatic N) is 2. The molecule has 1 saturated heterocycles. The van der Waals surface area contributed by atoms with Gasteiger partial charge in [-0.3, -0.25) is 0 Å². The first kappa shape index (κ1) is 17.6. The minimum atomic E-state index is 0.663. The number of likely N-dealkylation sites (N-methyl/N-ethyl adjacent to an activating group) is 1. The Morgan fingerprint density at radius 1 is 1.14 bits per heavy atom. The predicted octanol–water partition coefficient (Wildman–Crippen LogP) is 3.48. The lowest BCUT2D eigenvalue weighted by Crippen LogP contribution is -2.44. The lowest BCUT2D eigenvalue weighted by atomic mass is 10.0. The number of halogens is 1. The summed E-state index contributed by atoms with van der Waals surface area (Å²) >= 11 is 6.39. The average molecular weight is 325 g/mol. The SMILES string of the molecule is CCOc1c(Cl)cc(CC)cc1CCCN1CCN(C)CC1. The van der Waals surface area contributed by atoms with Crippen LogP contribution in [0.2, 0.25) is 5.02 Å². The second-order valence-electron chi connectivity index (χ2n) is 6.10. The molecule has 1 aliphatic rings. The molecule has 0 unspecified atom stereocenters. The summed E-state index contributed by atoms with van der Waals surface area (Å²) < 4.78 is 5.77. The van der Waals surface area contributed by atoms with Gasteiger partial charge in [0.25, 0.3) is 0 Å². The summed E-state index contributed by atoms with van der Waals surface area (Å²) in [6.45, 7) is 10.7. The molecule has 0 radical (unpaired) electrons. The van der Waals surface area contributed by atoms with Crippen molar-refractivity contribution < 1.29 is 4.74 Å². The summed E-state index contributed by atoms with van der Waals surface area (Å²) in [6, 6.07) is 4.30. The summed E-state index contributed by atoms with van der Waals surface area (Å²) in [5.41, 5.74) is 2.56. The van der Waals surface area contributed by atoms with Crippen LogP contribution in [0.4, 0.5) is 0 Å². The van der Waals surface area contributed by atoms with E-state index < -0.39 is 0 Å². The zero-order valence-corrected chi connectivity index (χ0v) is 15.0. The molecule has 0 N–H and O–H groups in total.